The minimum atomic E-state index is -0.725. The van der Waals surface area contributed by atoms with Gasteiger partial charge >= 0.3 is 5.63 Å². The number of hydrogen-bond acceptors (Lipinski definition) is 5. The van der Waals surface area contributed by atoms with E-state index < -0.39 is 11.2 Å². The molecule has 0 spiro atoms. The Bertz CT molecular complexity index is 822. The first-order valence-electron chi connectivity index (χ1n) is 7.70. The highest BCUT2D eigenvalue weighted by Crippen LogP contribution is 2.29. The van der Waals surface area contributed by atoms with Crippen LogP contribution in [0.15, 0.2) is 57.3 Å². The van der Waals surface area contributed by atoms with E-state index in [4.69, 9.17) is 9.15 Å². The van der Waals surface area contributed by atoms with Gasteiger partial charge in [-0.05, 0) is 39.3 Å². The first-order chi connectivity index (χ1) is 11.2. The maximum atomic E-state index is 11.3. The number of ether oxygens (including phenoxy) is 1. The summed E-state index contributed by atoms with van der Waals surface area (Å²) in [6, 6.07) is 5.78. The van der Waals surface area contributed by atoms with E-state index in [1.165, 1.54) is 18.2 Å². The second kappa shape index (κ2) is 7.36. The molecule has 0 bridgehead atoms. The topological polar surface area (TPSA) is 79.9 Å². The largest absolute Gasteiger partial charge is 0.508 e. The van der Waals surface area contributed by atoms with Gasteiger partial charge in [-0.25, -0.2) is 4.79 Å². The smallest absolute Gasteiger partial charge is 0.336 e. The predicted molar refractivity (Wildman–Crippen MR) is 93.5 cm³/mol. The van der Waals surface area contributed by atoms with Gasteiger partial charge in [0.15, 0.2) is 0 Å². The summed E-state index contributed by atoms with van der Waals surface area (Å²) in [5.74, 6) is 0.413. The Labute approximate surface area is 140 Å². The summed E-state index contributed by atoms with van der Waals surface area (Å²) in [7, 11) is 0. The van der Waals surface area contributed by atoms with Crippen LogP contribution in [-0.4, -0.2) is 22.4 Å². The summed E-state index contributed by atoms with van der Waals surface area (Å²) in [4.78, 5) is 11.3. The average molecular weight is 330 g/mol. The summed E-state index contributed by atoms with van der Waals surface area (Å²) in [5.41, 5.74) is 0.0720. The lowest BCUT2D eigenvalue weighted by Crippen LogP contribution is -2.16. The third-order valence-corrected chi connectivity index (χ3v) is 3.33. The number of phenols is 1. The molecular weight excluding hydrogens is 308 g/mol. The van der Waals surface area contributed by atoms with E-state index in [1.54, 1.807) is 19.9 Å². The Morgan fingerprint density at radius 1 is 1.33 bits per heavy atom. The van der Waals surface area contributed by atoms with Crippen LogP contribution in [0.25, 0.3) is 11.0 Å². The number of hydrogen-bond donors (Lipinski definition) is 2. The highest BCUT2D eigenvalue weighted by atomic mass is 16.5. The number of rotatable bonds is 6. The lowest BCUT2D eigenvalue weighted by molar-refractivity contribution is 0.0839. The highest BCUT2D eigenvalue weighted by Gasteiger charge is 2.09. The van der Waals surface area contributed by atoms with Gasteiger partial charge in [0.2, 0.25) is 0 Å². The summed E-state index contributed by atoms with van der Waals surface area (Å²) >= 11 is 0. The van der Waals surface area contributed by atoms with Crippen LogP contribution in [-0.2, 0) is 0 Å². The van der Waals surface area contributed by atoms with E-state index >= 15 is 0 Å². The SMILES string of the molecule is CC(/C=C/CC(C)(C)O)=C\COc1cc(O)cc2oc(=O)ccc12. The Hall–Kier alpha value is -2.53. The molecule has 0 saturated heterocycles. The molecule has 1 aromatic carbocycles. The van der Waals surface area contributed by atoms with Crippen molar-refractivity contribution in [2.24, 2.45) is 0 Å². The van der Waals surface area contributed by atoms with E-state index in [2.05, 4.69) is 0 Å². The third kappa shape index (κ3) is 5.28. The van der Waals surface area contributed by atoms with Crippen LogP contribution >= 0.6 is 0 Å². The molecule has 0 amide bonds. The number of allylic oxidation sites excluding steroid dienone is 2. The number of fused-ring (bicyclic) bond motifs is 1. The molecule has 0 radical (unpaired) electrons. The van der Waals surface area contributed by atoms with Crippen LogP contribution in [0.1, 0.15) is 27.2 Å². The van der Waals surface area contributed by atoms with Gasteiger partial charge in [0, 0.05) is 18.2 Å². The van der Waals surface area contributed by atoms with Crippen molar-refractivity contribution >= 4 is 11.0 Å². The van der Waals surface area contributed by atoms with Gasteiger partial charge in [0.1, 0.15) is 23.7 Å². The Balaban J connectivity index is 2.08. The van der Waals surface area contributed by atoms with E-state index in [0.29, 0.717) is 24.2 Å². The zero-order valence-corrected chi connectivity index (χ0v) is 14.1. The molecule has 24 heavy (non-hydrogen) atoms. The molecule has 0 atom stereocenters. The fourth-order valence-corrected chi connectivity index (χ4v) is 2.11. The summed E-state index contributed by atoms with van der Waals surface area (Å²) in [5, 5.41) is 20.0. The van der Waals surface area contributed by atoms with Crippen LogP contribution in [0.5, 0.6) is 11.5 Å². The van der Waals surface area contributed by atoms with Gasteiger partial charge < -0.3 is 19.4 Å². The summed E-state index contributed by atoms with van der Waals surface area (Å²) in [6.45, 7) is 5.75. The molecule has 2 aromatic rings. The van der Waals surface area contributed by atoms with Crippen molar-refractivity contribution in [3.63, 3.8) is 0 Å². The van der Waals surface area contributed by atoms with Crippen molar-refractivity contribution < 1.29 is 19.4 Å². The Kier molecular flexibility index (Phi) is 5.46. The Morgan fingerprint density at radius 3 is 2.79 bits per heavy atom. The van der Waals surface area contributed by atoms with Crippen molar-refractivity contribution in [3.8, 4) is 11.5 Å². The van der Waals surface area contributed by atoms with Crippen LogP contribution in [0.3, 0.4) is 0 Å². The molecule has 5 heteroatoms. The number of aliphatic hydroxyl groups is 1. The number of benzene rings is 1. The molecule has 0 aliphatic rings. The summed E-state index contributed by atoms with van der Waals surface area (Å²) in [6.07, 6.45) is 6.27. The van der Waals surface area contributed by atoms with Gasteiger partial charge in [-0.2, -0.15) is 0 Å². The monoisotopic (exact) mass is 330 g/mol. The minimum absolute atomic E-state index is 0.0300. The predicted octanol–water partition coefficient (Wildman–Crippen LogP) is 3.54. The van der Waals surface area contributed by atoms with Gasteiger partial charge in [-0.15, -0.1) is 0 Å². The molecule has 0 fully saturated rings. The molecule has 128 valence electrons. The molecule has 0 aliphatic heterocycles. The lowest BCUT2D eigenvalue weighted by Gasteiger charge is -2.13. The normalized spacial score (nSPS) is 12.9. The minimum Gasteiger partial charge on any atom is -0.508 e. The quantitative estimate of drug-likeness (QED) is 0.625. The van der Waals surface area contributed by atoms with Crippen molar-refractivity contribution in [2.75, 3.05) is 6.61 Å². The molecule has 5 nitrogen and oxygen atoms in total. The second-order valence-corrected chi connectivity index (χ2v) is 6.29. The van der Waals surface area contributed by atoms with Crippen LogP contribution < -0.4 is 10.4 Å². The standard InChI is InChI=1S/C19H22O5/c1-13(5-4-9-19(2,3)22)8-10-23-16-11-14(20)12-17-15(16)6-7-18(21)24-17/h4-8,11-12,20,22H,9-10H2,1-3H3/b5-4+,13-8+. The maximum Gasteiger partial charge on any atom is 0.336 e. The molecule has 2 rings (SSSR count). The van der Waals surface area contributed by atoms with Crippen molar-refractivity contribution in [1.82, 2.24) is 0 Å². The fourth-order valence-electron chi connectivity index (χ4n) is 2.11. The van der Waals surface area contributed by atoms with E-state index in [9.17, 15) is 15.0 Å². The van der Waals surface area contributed by atoms with Gasteiger partial charge in [-0.3, -0.25) is 0 Å². The first kappa shape index (κ1) is 17.8. The third-order valence-electron chi connectivity index (χ3n) is 3.33. The Morgan fingerprint density at radius 2 is 2.08 bits per heavy atom. The number of phenolic OH excluding ortho intramolecular Hbond substituents is 1. The van der Waals surface area contributed by atoms with Gasteiger partial charge in [-0.1, -0.05) is 17.7 Å². The highest BCUT2D eigenvalue weighted by molar-refractivity contribution is 5.84. The van der Waals surface area contributed by atoms with Crippen LogP contribution in [0.4, 0.5) is 0 Å². The fraction of sp³-hybridized carbons (Fsp3) is 0.316. The zero-order chi connectivity index (χ0) is 17.7. The maximum absolute atomic E-state index is 11.3. The number of aromatic hydroxyl groups is 1. The summed E-state index contributed by atoms with van der Waals surface area (Å²) < 4.78 is 10.7. The van der Waals surface area contributed by atoms with Crippen molar-refractivity contribution in [1.29, 1.82) is 0 Å². The van der Waals surface area contributed by atoms with E-state index in [1.807, 2.05) is 25.2 Å². The molecule has 1 heterocycles. The average Bonchev–Trinajstić information content (AvgIpc) is 2.45. The zero-order valence-electron chi connectivity index (χ0n) is 14.1. The molecule has 0 saturated carbocycles. The van der Waals surface area contributed by atoms with E-state index in [-0.39, 0.29) is 11.3 Å². The second-order valence-electron chi connectivity index (χ2n) is 6.29. The van der Waals surface area contributed by atoms with Crippen molar-refractivity contribution in [2.45, 2.75) is 32.8 Å². The van der Waals surface area contributed by atoms with Crippen LogP contribution in [0, 0.1) is 0 Å². The molecular formula is C19H22O5. The molecule has 0 unspecified atom stereocenters. The van der Waals surface area contributed by atoms with Gasteiger partial charge in [0.25, 0.3) is 0 Å². The first-order valence-corrected chi connectivity index (χ1v) is 7.70. The van der Waals surface area contributed by atoms with Gasteiger partial charge in [0.05, 0.1) is 11.0 Å². The van der Waals surface area contributed by atoms with Crippen molar-refractivity contribution in [3.05, 3.63) is 58.5 Å². The van der Waals surface area contributed by atoms with E-state index in [0.717, 1.165) is 5.57 Å². The van der Waals surface area contributed by atoms with Crippen LogP contribution in [0.2, 0.25) is 0 Å². The molecule has 0 aliphatic carbocycles. The molecule has 1 aromatic heterocycles. The molecule has 2 N–H and O–H groups in total. The lowest BCUT2D eigenvalue weighted by atomic mass is 10.0.